The molecule has 0 unspecified atom stereocenters. The number of halogens is 1. The molecule has 1 amide bonds. The van der Waals surface area contributed by atoms with Gasteiger partial charge in [-0.25, -0.2) is 0 Å². The maximum absolute atomic E-state index is 11.8. The van der Waals surface area contributed by atoms with Crippen LogP contribution >= 0.6 is 0 Å². The van der Waals surface area contributed by atoms with E-state index in [-0.39, 0.29) is 29.9 Å². The first-order valence-electron chi connectivity index (χ1n) is 11.6. The summed E-state index contributed by atoms with van der Waals surface area (Å²) in [7, 11) is 4.66. The molecule has 0 aliphatic rings. The Morgan fingerprint density at radius 2 is 1.11 bits per heavy atom. The fraction of sp³-hybridized carbons (Fsp3) is 0.957. The van der Waals surface area contributed by atoms with E-state index < -0.39 is 0 Å². The third-order valence-corrected chi connectivity index (χ3v) is 5.39. The molecule has 0 aromatic carbocycles. The largest absolute Gasteiger partial charge is 1.00 e. The van der Waals surface area contributed by atoms with E-state index in [1.54, 1.807) is 0 Å². The SMILES string of the molecule is CCCCCCCCCC[N+](C)(C)CCCNC(=O)CCCCCCC.[I-]. The Labute approximate surface area is 188 Å². The Balaban J connectivity index is 0. The molecular formula is C23H49IN2O. The molecule has 0 aliphatic heterocycles. The lowest BCUT2D eigenvalue weighted by molar-refractivity contribution is -0.890. The van der Waals surface area contributed by atoms with Crippen molar-refractivity contribution in [3.8, 4) is 0 Å². The van der Waals surface area contributed by atoms with Gasteiger partial charge in [0.05, 0.1) is 27.2 Å². The molecule has 0 radical (unpaired) electrons. The molecule has 3 nitrogen and oxygen atoms in total. The van der Waals surface area contributed by atoms with Gasteiger partial charge in [-0.2, -0.15) is 0 Å². The lowest BCUT2D eigenvalue weighted by Crippen LogP contribution is -3.00. The summed E-state index contributed by atoms with van der Waals surface area (Å²) >= 11 is 0. The third kappa shape index (κ3) is 22.3. The van der Waals surface area contributed by atoms with Crippen LogP contribution in [0.4, 0.5) is 0 Å². The maximum Gasteiger partial charge on any atom is 0.219 e. The molecule has 0 saturated carbocycles. The predicted molar refractivity (Wildman–Crippen MR) is 115 cm³/mol. The normalized spacial score (nSPS) is 11.3. The maximum atomic E-state index is 11.8. The molecule has 0 aliphatic carbocycles. The first-order chi connectivity index (χ1) is 12.5. The van der Waals surface area contributed by atoms with E-state index in [2.05, 4.69) is 33.3 Å². The van der Waals surface area contributed by atoms with Crippen molar-refractivity contribution in [3.05, 3.63) is 0 Å². The van der Waals surface area contributed by atoms with E-state index in [0.29, 0.717) is 6.42 Å². The van der Waals surface area contributed by atoms with Gasteiger partial charge in [0.25, 0.3) is 0 Å². The van der Waals surface area contributed by atoms with Crippen LogP contribution in [0.5, 0.6) is 0 Å². The average Bonchev–Trinajstić information content (AvgIpc) is 2.61. The van der Waals surface area contributed by atoms with E-state index in [9.17, 15) is 4.79 Å². The van der Waals surface area contributed by atoms with Crippen molar-refractivity contribution in [1.82, 2.24) is 5.32 Å². The number of amides is 1. The Kier molecular flexibility index (Phi) is 22.7. The Hall–Kier alpha value is 0.160. The number of hydrogen-bond acceptors (Lipinski definition) is 1. The number of carbonyl (C=O) groups excluding carboxylic acids is 1. The van der Waals surface area contributed by atoms with Gasteiger partial charge in [-0.3, -0.25) is 4.79 Å². The second kappa shape index (κ2) is 20.9. The van der Waals surface area contributed by atoms with Crippen LogP contribution in [0.2, 0.25) is 0 Å². The number of nitrogens with zero attached hydrogens (tertiary/aromatic N) is 1. The zero-order chi connectivity index (χ0) is 19.5. The van der Waals surface area contributed by atoms with Crippen LogP contribution in [0.15, 0.2) is 0 Å². The molecule has 0 fully saturated rings. The summed E-state index contributed by atoms with van der Waals surface area (Å²) in [6.45, 7) is 7.77. The van der Waals surface area contributed by atoms with Gasteiger partial charge in [-0.1, -0.05) is 78.1 Å². The van der Waals surface area contributed by atoms with Crippen LogP contribution in [0.1, 0.15) is 110 Å². The highest BCUT2D eigenvalue weighted by atomic mass is 127. The topological polar surface area (TPSA) is 29.1 Å². The van der Waals surface area contributed by atoms with Crippen LogP contribution in [-0.2, 0) is 4.79 Å². The number of unbranched alkanes of at least 4 members (excludes halogenated alkanes) is 11. The molecule has 0 atom stereocenters. The Morgan fingerprint density at radius 3 is 1.67 bits per heavy atom. The van der Waals surface area contributed by atoms with E-state index in [4.69, 9.17) is 0 Å². The summed E-state index contributed by atoms with van der Waals surface area (Å²) in [5.41, 5.74) is 0. The van der Waals surface area contributed by atoms with Crippen LogP contribution in [0.3, 0.4) is 0 Å². The smallest absolute Gasteiger partial charge is 0.219 e. The van der Waals surface area contributed by atoms with Gasteiger partial charge in [0.1, 0.15) is 0 Å². The second-order valence-corrected chi connectivity index (χ2v) is 8.73. The van der Waals surface area contributed by atoms with Gasteiger partial charge in [0.2, 0.25) is 5.91 Å². The molecular weight excluding hydrogens is 447 g/mol. The van der Waals surface area contributed by atoms with Crippen molar-refractivity contribution in [1.29, 1.82) is 0 Å². The Morgan fingerprint density at radius 1 is 0.667 bits per heavy atom. The summed E-state index contributed by atoms with van der Waals surface area (Å²) in [4.78, 5) is 11.8. The molecule has 164 valence electrons. The van der Waals surface area contributed by atoms with Gasteiger partial charge in [-0.05, 0) is 19.3 Å². The fourth-order valence-corrected chi connectivity index (χ4v) is 3.50. The number of carbonyl (C=O) groups is 1. The molecule has 0 saturated heterocycles. The molecule has 0 aromatic rings. The second-order valence-electron chi connectivity index (χ2n) is 8.73. The molecule has 0 bridgehead atoms. The zero-order valence-corrected chi connectivity index (χ0v) is 21.1. The van der Waals surface area contributed by atoms with Crippen molar-refractivity contribution < 1.29 is 33.3 Å². The van der Waals surface area contributed by atoms with Gasteiger partial charge in [-0.15, -0.1) is 0 Å². The molecule has 4 heteroatoms. The van der Waals surface area contributed by atoms with Crippen molar-refractivity contribution >= 4 is 5.91 Å². The van der Waals surface area contributed by atoms with E-state index in [1.807, 2.05) is 0 Å². The highest BCUT2D eigenvalue weighted by molar-refractivity contribution is 5.75. The van der Waals surface area contributed by atoms with E-state index in [1.165, 1.54) is 83.6 Å². The standard InChI is InChI=1S/C23H48N2O.HI/c1-5-7-9-11-12-13-15-17-21-25(3,4)22-18-20-24-23(26)19-16-14-10-8-6-2;/h5-22H2,1-4H3;1H. The van der Waals surface area contributed by atoms with Gasteiger partial charge in [0.15, 0.2) is 0 Å². The summed E-state index contributed by atoms with van der Waals surface area (Å²) in [6, 6.07) is 0. The molecule has 0 rings (SSSR count). The number of nitrogens with one attached hydrogen (secondary N) is 1. The minimum Gasteiger partial charge on any atom is -1.00 e. The minimum atomic E-state index is 0. The number of rotatable bonds is 19. The first-order valence-corrected chi connectivity index (χ1v) is 11.6. The molecule has 1 N–H and O–H groups in total. The van der Waals surface area contributed by atoms with Crippen molar-refractivity contribution in [2.45, 2.75) is 110 Å². The first kappa shape index (κ1) is 29.4. The lowest BCUT2D eigenvalue weighted by atomic mass is 10.1. The Bertz CT molecular complexity index is 322. The van der Waals surface area contributed by atoms with Crippen LogP contribution in [0.25, 0.3) is 0 Å². The summed E-state index contributed by atoms with van der Waals surface area (Å²) in [5, 5.41) is 3.10. The predicted octanol–water partition coefficient (Wildman–Crippen LogP) is 3.07. The third-order valence-electron chi connectivity index (χ3n) is 5.39. The summed E-state index contributed by atoms with van der Waals surface area (Å²) < 4.78 is 1.09. The molecule has 0 spiro atoms. The zero-order valence-electron chi connectivity index (χ0n) is 19.0. The molecule has 27 heavy (non-hydrogen) atoms. The highest BCUT2D eigenvalue weighted by Gasteiger charge is 2.14. The monoisotopic (exact) mass is 496 g/mol. The van der Waals surface area contributed by atoms with E-state index in [0.717, 1.165) is 30.4 Å². The van der Waals surface area contributed by atoms with Gasteiger partial charge in [0, 0.05) is 19.4 Å². The van der Waals surface area contributed by atoms with Crippen LogP contribution in [-0.4, -0.2) is 44.1 Å². The van der Waals surface area contributed by atoms with Gasteiger partial charge < -0.3 is 33.8 Å². The average molecular weight is 497 g/mol. The van der Waals surface area contributed by atoms with Gasteiger partial charge >= 0.3 is 0 Å². The molecule has 0 heterocycles. The number of hydrogen-bond donors (Lipinski definition) is 1. The van der Waals surface area contributed by atoms with Crippen LogP contribution < -0.4 is 29.3 Å². The summed E-state index contributed by atoms with van der Waals surface area (Å²) in [6.07, 6.45) is 19.0. The van der Waals surface area contributed by atoms with Crippen molar-refractivity contribution in [2.75, 3.05) is 33.7 Å². The number of quaternary nitrogens is 1. The highest BCUT2D eigenvalue weighted by Crippen LogP contribution is 2.10. The fourth-order valence-electron chi connectivity index (χ4n) is 3.50. The minimum absolute atomic E-state index is 0. The van der Waals surface area contributed by atoms with Crippen LogP contribution in [0, 0.1) is 0 Å². The van der Waals surface area contributed by atoms with Crippen molar-refractivity contribution in [3.63, 3.8) is 0 Å². The lowest BCUT2D eigenvalue weighted by Gasteiger charge is -2.30. The van der Waals surface area contributed by atoms with E-state index >= 15 is 0 Å². The molecule has 0 aromatic heterocycles. The summed E-state index contributed by atoms with van der Waals surface area (Å²) in [5.74, 6) is 0.245. The van der Waals surface area contributed by atoms with Crippen molar-refractivity contribution in [2.24, 2.45) is 0 Å². The quantitative estimate of drug-likeness (QED) is 0.166.